The van der Waals surface area contributed by atoms with Crippen LogP contribution in [0.4, 0.5) is 5.69 Å². The zero-order chi connectivity index (χ0) is 31.9. The van der Waals surface area contributed by atoms with E-state index in [0.29, 0.717) is 16.3 Å². The summed E-state index contributed by atoms with van der Waals surface area (Å²) in [4.78, 5) is 29.9. The molecular formula is C35H38ClN3O4S. The van der Waals surface area contributed by atoms with Crippen molar-refractivity contribution in [2.24, 2.45) is 0 Å². The zero-order valence-corrected chi connectivity index (χ0v) is 27.0. The molecule has 7 nitrogen and oxygen atoms in total. The number of carbonyl (C=O) groups is 2. The molecule has 0 fully saturated rings. The van der Waals surface area contributed by atoms with Crippen molar-refractivity contribution in [3.05, 3.63) is 131 Å². The van der Waals surface area contributed by atoms with Crippen molar-refractivity contribution >= 4 is 39.1 Å². The minimum atomic E-state index is -4.15. The first-order valence-corrected chi connectivity index (χ1v) is 16.2. The summed E-state index contributed by atoms with van der Waals surface area (Å²) < 4.78 is 29.2. The van der Waals surface area contributed by atoms with Crippen molar-refractivity contribution < 1.29 is 18.0 Å². The number of rotatable bonds is 11. The molecule has 230 valence electrons. The normalized spacial score (nSPS) is 12.3. The third kappa shape index (κ3) is 8.71. The van der Waals surface area contributed by atoms with Gasteiger partial charge < -0.3 is 10.2 Å². The topological polar surface area (TPSA) is 86.8 Å². The molecule has 0 aromatic heterocycles. The van der Waals surface area contributed by atoms with Crippen molar-refractivity contribution in [3.8, 4) is 0 Å². The minimum Gasteiger partial charge on any atom is -0.350 e. The zero-order valence-electron chi connectivity index (χ0n) is 25.4. The first-order valence-electron chi connectivity index (χ1n) is 14.4. The van der Waals surface area contributed by atoms with Crippen LogP contribution in [0.15, 0.2) is 114 Å². The summed E-state index contributed by atoms with van der Waals surface area (Å²) in [5.41, 5.74) is 2.19. The molecule has 0 radical (unpaired) electrons. The van der Waals surface area contributed by atoms with Crippen LogP contribution < -0.4 is 9.62 Å². The molecular weight excluding hydrogens is 594 g/mol. The van der Waals surface area contributed by atoms with Gasteiger partial charge in [-0.1, -0.05) is 84.4 Å². The van der Waals surface area contributed by atoms with Gasteiger partial charge in [-0.05, 0) is 80.8 Å². The third-order valence-electron chi connectivity index (χ3n) is 6.91. The quantitative estimate of drug-likeness (QED) is 0.208. The average Bonchev–Trinajstić information content (AvgIpc) is 2.97. The maximum Gasteiger partial charge on any atom is 0.264 e. The van der Waals surface area contributed by atoms with E-state index in [4.69, 9.17) is 11.6 Å². The van der Waals surface area contributed by atoms with Crippen molar-refractivity contribution in [2.45, 2.75) is 57.1 Å². The average molecular weight is 632 g/mol. The Morgan fingerprint density at radius 2 is 1.43 bits per heavy atom. The van der Waals surface area contributed by atoms with Crippen LogP contribution >= 0.6 is 11.6 Å². The van der Waals surface area contributed by atoms with Gasteiger partial charge in [0.05, 0.1) is 10.6 Å². The monoisotopic (exact) mass is 631 g/mol. The van der Waals surface area contributed by atoms with E-state index < -0.39 is 34.1 Å². The fourth-order valence-corrected chi connectivity index (χ4v) is 6.51. The van der Waals surface area contributed by atoms with Crippen LogP contribution in [0.25, 0.3) is 0 Å². The third-order valence-corrected chi connectivity index (χ3v) is 8.93. The SMILES string of the molecule is Cc1cccc(N(CC(=O)N(Cc2cccc(Cl)c2)[C@@H](Cc2ccccc2)C(=O)NC(C)(C)C)S(=O)(=O)c2ccccc2)c1. The number of benzene rings is 4. The molecule has 0 unspecified atom stereocenters. The van der Waals surface area contributed by atoms with Crippen LogP contribution in [0.2, 0.25) is 5.02 Å². The number of sulfonamides is 1. The van der Waals surface area contributed by atoms with Crippen LogP contribution in [-0.2, 0) is 32.6 Å². The standard InChI is InChI=1S/C35H38ClN3O4S/c1-26-13-11-18-30(21-26)39(44(42,43)31-19-9-6-10-20-31)25-33(40)38(24-28-16-12-17-29(36)22-28)32(34(41)37-35(2,3)4)23-27-14-7-5-8-15-27/h5-22,32H,23-25H2,1-4H3,(H,37,41)/t32-/m0/s1. The second kappa shape index (κ2) is 14.1. The Balaban J connectivity index is 1.82. The van der Waals surface area contributed by atoms with Gasteiger partial charge in [0.2, 0.25) is 11.8 Å². The Labute approximate surface area is 265 Å². The molecule has 0 spiro atoms. The van der Waals surface area contributed by atoms with E-state index in [0.717, 1.165) is 15.4 Å². The molecule has 2 amide bonds. The van der Waals surface area contributed by atoms with Crippen LogP contribution in [0, 0.1) is 6.92 Å². The fourth-order valence-electron chi connectivity index (χ4n) is 4.87. The van der Waals surface area contributed by atoms with Crippen LogP contribution in [0.3, 0.4) is 0 Å². The Kier molecular flexibility index (Phi) is 10.5. The summed E-state index contributed by atoms with van der Waals surface area (Å²) in [6.07, 6.45) is 0.227. The lowest BCUT2D eigenvalue weighted by molar-refractivity contribution is -0.140. The van der Waals surface area contributed by atoms with Crippen LogP contribution in [0.1, 0.15) is 37.5 Å². The number of hydrogen-bond donors (Lipinski definition) is 1. The van der Waals surface area contributed by atoms with Gasteiger partial charge in [0.25, 0.3) is 10.0 Å². The summed E-state index contributed by atoms with van der Waals surface area (Å²) in [5.74, 6) is -0.874. The molecule has 0 aliphatic rings. The smallest absolute Gasteiger partial charge is 0.264 e. The number of halogens is 1. The Hall–Kier alpha value is -4.14. The van der Waals surface area contributed by atoms with Gasteiger partial charge in [0.15, 0.2) is 0 Å². The summed E-state index contributed by atoms with van der Waals surface area (Å²) in [6, 6.07) is 30.6. The summed E-state index contributed by atoms with van der Waals surface area (Å²) in [7, 11) is -4.15. The number of nitrogens with zero attached hydrogens (tertiary/aromatic N) is 2. The van der Waals surface area contributed by atoms with Crippen molar-refractivity contribution in [3.63, 3.8) is 0 Å². The number of aryl methyl sites for hydroxylation is 1. The molecule has 0 heterocycles. The molecule has 44 heavy (non-hydrogen) atoms. The number of anilines is 1. The van der Waals surface area contributed by atoms with E-state index in [1.54, 1.807) is 54.6 Å². The first-order chi connectivity index (χ1) is 20.8. The van der Waals surface area contributed by atoms with E-state index in [-0.39, 0.29) is 23.8 Å². The van der Waals surface area contributed by atoms with E-state index in [1.807, 2.05) is 70.2 Å². The van der Waals surface area contributed by atoms with E-state index in [2.05, 4.69) is 5.32 Å². The largest absolute Gasteiger partial charge is 0.350 e. The van der Waals surface area contributed by atoms with Crippen molar-refractivity contribution in [1.82, 2.24) is 10.2 Å². The highest BCUT2D eigenvalue weighted by Gasteiger charge is 2.35. The van der Waals surface area contributed by atoms with Crippen molar-refractivity contribution in [1.29, 1.82) is 0 Å². The van der Waals surface area contributed by atoms with Gasteiger partial charge >= 0.3 is 0 Å². The van der Waals surface area contributed by atoms with Gasteiger partial charge in [-0.25, -0.2) is 8.42 Å². The minimum absolute atomic E-state index is 0.0432. The number of carbonyl (C=O) groups excluding carboxylic acids is 2. The second-order valence-corrected chi connectivity index (χ2v) is 14.1. The maximum absolute atomic E-state index is 14.5. The lowest BCUT2D eigenvalue weighted by Crippen LogP contribution is -2.56. The molecule has 0 bridgehead atoms. The van der Waals surface area contributed by atoms with Gasteiger partial charge in [0.1, 0.15) is 12.6 Å². The molecule has 9 heteroatoms. The molecule has 0 aliphatic carbocycles. The van der Waals surface area contributed by atoms with Gasteiger partial charge in [-0.15, -0.1) is 0 Å². The molecule has 1 N–H and O–H groups in total. The molecule has 4 aromatic carbocycles. The predicted molar refractivity (Wildman–Crippen MR) is 176 cm³/mol. The highest BCUT2D eigenvalue weighted by atomic mass is 35.5. The maximum atomic E-state index is 14.5. The van der Waals surface area contributed by atoms with Gasteiger partial charge in [-0.2, -0.15) is 0 Å². The first kappa shape index (κ1) is 32.8. The Morgan fingerprint density at radius 1 is 0.818 bits per heavy atom. The predicted octanol–water partition coefficient (Wildman–Crippen LogP) is 6.40. The Bertz CT molecular complexity index is 1690. The molecule has 4 rings (SSSR count). The number of nitrogens with one attached hydrogen (secondary N) is 1. The molecule has 0 saturated heterocycles. The number of amides is 2. The fraction of sp³-hybridized carbons (Fsp3) is 0.257. The molecule has 4 aromatic rings. The lowest BCUT2D eigenvalue weighted by Gasteiger charge is -2.35. The van der Waals surface area contributed by atoms with Gasteiger partial charge in [0, 0.05) is 23.5 Å². The molecule has 0 saturated carbocycles. The van der Waals surface area contributed by atoms with Crippen molar-refractivity contribution in [2.75, 3.05) is 10.8 Å². The Morgan fingerprint density at radius 3 is 2.05 bits per heavy atom. The molecule has 1 atom stereocenters. The van der Waals surface area contributed by atoms with E-state index in [9.17, 15) is 18.0 Å². The van der Waals surface area contributed by atoms with E-state index >= 15 is 0 Å². The number of hydrogen-bond acceptors (Lipinski definition) is 4. The highest BCUT2D eigenvalue weighted by molar-refractivity contribution is 7.92. The molecule has 0 aliphatic heterocycles. The van der Waals surface area contributed by atoms with Crippen LogP contribution in [0.5, 0.6) is 0 Å². The van der Waals surface area contributed by atoms with Crippen LogP contribution in [-0.4, -0.2) is 43.3 Å². The summed E-state index contributed by atoms with van der Waals surface area (Å²) >= 11 is 6.30. The summed E-state index contributed by atoms with van der Waals surface area (Å²) in [6.45, 7) is 7.01. The van der Waals surface area contributed by atoms with Gasteiger partial charge in [-0.3, -0.25) is 13.9 Å². The lowest BCUT2D eigenvalue weighted by atomic mass is 10.0. The second-order valence-electron chi connectivity index (χ2n) is 11.8. The highest BCUT2D eigenvalue weighted by Crippen LogP contribution is 2.26. The summed E-state index contributed by atoms with van der Waals surface area (Å²) in [5, 5.41) is 3.52. The van der Waals surface area contributed by atoms with E-state index in [1.165, 1.54) is 17.0 Å².